The molecule has 1 aromatic rings. The molecule has 4 nitrogen and oxygen atoms in total. The van der Waals surface area contributed by atoms with E-state index in [0.717, 1.165) is 19.5 Å². The number of hydrogen-bond donors (Lipinski definition) is 1. The van der Waals surface area contributed by atoms with Gasteiger partial charge in [0.15, 0.2) is 0 Å². The number of carbonyl (C=O) groups excluding carboxylic acids is 1. The molecule has 1 aliphatic rings. The van der Waals surface area contributed by atoms with Crippen molar-refractivity contribution in [1.82, 2.24) is 15.0 Å². The van der Waals surface area contributed by atoms with Crippen LogP contribution in [-0.4, -0.2) is 28.6 Å². The Bertz CT molecular complexity index is 381. The molecule has 80 valence electrons. The number of aromatic nitrogens is 1. The topological polar surface area (TPSA) is 37.3 Å². The number of hydrogen-bond acceptors (Lipinski definition) is 2. The number of hydrazine groups is 1. The van der Waals surface area contributed by atoms with E-state index in [4.69, 9.17) is 0 Å². The summed E-state index contributed by atoms with van der Waals surface area (Å²) in [6, 6.07) is 3.68. The Morgan fingerprint density at radius 2 is 2.33 bits per heavy atom. The second-order valence-corrected chi connectivity index (χ2v) is 3.65. The summed E-state index contributed by atoms with van der Waals surface area (Å²) in [6.45, 7) is 1.67. The van der Waals surface area contributed by atoms with E-state index in [1.165, 1.54) is 0 Å². The lowest BCUT2D eigenvalue weighted by Crippen LogP contribution is -2.44. The van der Waals surface area contributed by atoms with Crippen molar-refractivity contribution in [2.24, 2.45) is 7.05 Å². The number of rotatable bonds is 2. The first kappa shape index (κ1) is 9.98. The third-order valence-electron chi connectivity index (χ3n) is 2.49. The van der Waals surface area contributed by atoms with Crippen LogP contribution in [0.4, 0.5) is 0 Å². The van der Waals surface area contributed by atoms with Crippen LogP contribution in [0.5, 0.6) is 0 Å². The summed E-state index contributed by atoms with van der Waals surface area (Å²) >= 11 is 0. The summed E-state index contributed by atoms with van der Waals surface area (Å²) in [7, 11) is 1.87. The van der Waals surface area contributed by atoms with Gasteiger partial charge in [0, 0.05) is 26.3 Å². The third-order valence-corrected chi connectivity index (χ3v) is 2.49. The Labute approximate surface area is 89.2 Å². The molecule has 2 rings (SSSR count). The molecular formula is C11H15N3O. The molecule has 0 saturated carbocycles. The molecule has 0 aromatic carbocycles. The number of carbonyl (C=O) groups is 1. The van der Waals surface area contributed by atoms with Crippen molar-refractivity contribution in [3.8, 4) is 0 Å². The minimum absolute atomic E-state index is 0.0437. The Kier molecular flexibility index (Phi) is 2.87. The number of amides is 1. The summed E-state index contributed by atoms with van der Waals surface area (Å²) in [5.74, 6) is -0.0437. The van der Waals surface area contributed by atoms with Crippen LogP contribution >= 0.6 is 0 Å². The minimum atomic E-state index is -0.0437. The molecule has 0 atom stereocenters. The summed E-state index contributed by atoms with van der Waals surface area (Å²) in [5, 5.41) is 1.93. The fourth-order valence-electron chi connectivity index (χ4n) is 1.64. The highest BCUT2D eigenvalue weighted by molar-refractivity contribution is 5.92. The van der Waals surface area contributed by atoms with Gasteiger partial charge in [-0.05, 0) is 18.6 Å². The van der Waals surface area contributed by atoms with Gasteiger partial charge in [0.05, 0.1) is 0 Å². The molecule has 0 unspecified atom stereocenters. The van der Waals surface area contributed by atoms with Gasteiger partial charge < -0.3 is 4.57 Å². The van der Waals surface area contributed by atoms with Crippen molar-refractivity contribution in [2.75, 3.05) is 13.1 Å². The SMILES string of the molecule is Cn1cccc1C(=O)NN1CC=CCC1. The van der Waals surface area contributed by atoms with Crippen LogP contribution in [0.3, 0.4) is 0 Å². The van der Waals surface area contributed by atoms with Crippen molar-refractivity contribution >= 4 is 5.91 Å². The molecule has 1 aromatic heterocycles. The maximum atomic E-state index is 11.8. The fourth-order valence-corrected chi connectivity index (χ4v) is 1.64. The van der Waals surface area contributed by atoms with Crippen LogP contribution in [0, 0.1) is 0 Å². The maximum Gasteiger partial charge on any atom is 0.282 e. The van der Waals surface area contributed by atoms with Gasteiger partial charge in [-0.3, -0.25) is 10.2 Å². The van der Waals surface area contributed by atoms with Crippen LogP contribution in [0.2, 0.25) is 0 Å². The van der Waals surface area contributed by atoms with E-state index in [2.05, 4.69) is 17.6 Å². The molecular weight excluding hydrogens is 190 g/mol. The summed E-state index contributed by atoms with van der Waals surface area (Å²) in [6.07, 6.45) is 7.05. The second-order valence-electron chi connectivity index (χ2n) is 3.65. The molecule has 4 heteroatoms. The van der Waals surface area contributed by atoms with E-state index in [1.54, 1.807) is 0 Å². The van der Waals surface area contributed by atoms with Crippen molar-refractivity contribution in [3.05, 3.63) is 36.2 Å². The predicted octanol–water partition coefficient (Wildman–Crippen LogP) is 0.932. The molecule has 1 aliphatic heterocycles. The van der Waals surface area contributed by atoms with Crippen molar-refractivity contribution < 1.29 is 4.79 Å². The van der Waals surface area contributed by atoms with Crippen LogP contribution in [0.25, 0.3) is 0 Å². The lowest BCUT2D eigenvalue weighted by molar-refractivity contribution is 0.0795. The summed E-state index contributed by atoms with van der Waals surface area (Å²) in [4.78, 5) is 11.8. The van der Waals surface area contributed by atoms with E-state index in [0.29, 0.717) is 5.69 Å². The first-order valence-corrected chi connectivity index (χ1v) is 5.09. The first-order valence-electron chi connectivity index (χ1n) is 5.09. The zero-order valence-corrected chi connectivity index (χ0v) is 8.81. The van der Waals surface area contributed by atoms with Gasteiger partial charge in [-0.2, -0.15) is 0 Å². The predicted molar refractivity (Wildman–Crippen MR) is 58.2 cm³/mol. The monoisotopic (exact) mass is 205 g/mol. The van der Waals surface area contributed by atoms with E-state index in [-0.39, 0.29) is 5.91 Å². The largest absolute Gasteiger partial charge is 0.347 e. The van der Waals surface area contributed by atoms with Crippen LogP contribution in [0.15, 0.2) is 30.5 Å². The van der Waals surface area contributed by atoms with Crippen molar-refractivity contribution in [3.63, 3.8) is 0 Å². The van der Waals surface area contributed by atoms with Crippen molar-refractivity contribution in [1.29, 1.82) is 0 Å². The molecule has 0 saturated heterocycles. The average Bonchev–Trinajstić information content (AvgIpc) is 2.66. The highest BCUT2D eigenvalue weighted by Gasteiger charge is 2.13. The zero-order chi connectivity index (χ0) is 10.7. The Morgan fingerprint density at radius 1 is 1.47 bits per heavy atom. The molecule has 0 spiro atoms. The quantitative estimate of drug-likeness (QED) is 0.729. The van der Waals surface area contributed by atoms with Gasteiger partial charge in [-0.25, -0.2) is 5.01 Å². The normalized spacial score (nSPS) is 16.6. The highest BCUT2D eigenvalue weighted by atomic mass is 16.2. The second kappa shape index (κ2) is 4.31. The Hall–Kier alpha value is -1.55. The van der Waals surface area contributed by atoms with Gasteiger partial charge in [0.25, 0.3) is 5.91 Å². The van der Waals surface area contributed by atoms with Gasteiger partial charge in [-0.15, -0.1) is 0 Å². The first-order chi connectivity index (χ1) is 7.27. The average molecular weight is 205 g/mol. The Balaban J connectivity index is 1.98. The molecule has 0 aliphatic carbocycles. The smallest absolute Gasteiger partial charge is 0.282 e. The molecule has 0 fully saturated rings. The van der Waals surface area contributed by atoms with Gasteiger partial charge in [0.1, 0.15) is 5.69 Å². The number of nitrogens with zero attached hydrogens (tertiary/aromatic N) is 2. The van der Waals surface area contributed by atoms with Gasteiger partial charge in [0.2, 0.25) is 0 Å². The van der Waals surface area contributed by atoms with E-state index in [1.807, 2.05) is 35.0 Å². The number of nitrogens with one attached hydrogen (secondary N) is 1. The molecule has 0 radical (unpaired) electrons. The number of aryl methyl sites for hydroxylation is 1. The molecule has 0 bridgehead atoms. The molecule has 1 N–H and O–H groups in total. The van der Waals surface area contributed by atoms with Crippen LogP contribution < -0.4 is 5.43 Å². The fraction of sp³-hybridized carbons (Fsp3) is 0.364. The van der Waals surface area contributed by atoms with Crippen molar-refractivity contribution in [2.45, 2.75) is 6.42 Å². The van der Waals surface area contributed by atoms with E-state index >= 15 is 0 Å². The minimum Gasteiger partial charge on any atom is -0.347 e. The van der Waals surface area contributed by atoms with Gasteiger partial charge >= 0.3 is 0 Å². The van der Waals surface area contributed by atoms with E-state index in [9.17, 15) is 4.79 Å². The zero-order valence-electron chi connectivity index (χ0n) is 8.81. The molecule has 15 heavy (non-hydrogen) atoms. The Morgan fingerprint density at radius 3 is 2.93 bits per heavy atom. The highest BCUT2D eigenvalue weighted by Crippen LogP contribution is 2.02. The van der Waals surface area contributed by atoms with Gasteiger partial charge in [-0.1, -0.05) is 12.2 Å². The van der Waals surface area contributed by atoms with Crippen LogP contribution in [-0.2, 0) is 7.05 Å². The van der Waals surface area contributed by atoms with E-state index < -0.39 is 0 Å². The summed E-state index contributed by atoms with van der Waals surface area (Å²) in [5.41, 5.74) is 3.57. The third kappa shape index (κ3) is 2.27. The maximum absolute atomic E-state index is 11.8. The standard InChI is InChI=1S/C11H15N3O/c1-13-7-5-6-10(13)11(15)12-14-8-3-2-4-9-14/h2-3,5-7H,4,8-9H2,1H3,(H,12,15). The lowest BCUT2D eigenvalue weighted by atomic mass is 10.3. The molecule has 2 heterocycles. The lowest BCUT2D eigenvalue weighted by Gasteiger charge is -2.23. The summed E-state index contributed by atoms with van der Waals surface area (Å²) < 4.78 is 1.81. The molecule has 1 amide bonds. The van der Waals surface area contributed by atoms with Crippen LogP contribution in [0.1, 0.15) is 16.9 Å².